The fraction of sp³-hybridized carbons (Fsp3) is 0.500. The molecule has 0 aliphatic heterocycles. The van der Waals surface area contributed by atoms with Gasteiger partial charge in [0, 0.05) is 0 Å². The molecule has 0 aromatic heterocycles. The van der Waals surface area contributed by atoms with E-state index < -0.39 is 0 Å². The molecule has 1 radical (unpaired) electrons. The van der Waals surface area contributed by atoms with Crippen molar-refractivity contribution in [1.82, 2.24) is 0 Å². The minimum atomic E-state index is -0.0868. The van der Waals surface area contributed by atoms with Gasteiger partial charge in [0.1, 0.15) is 6.61 Å². The normalized spacial score (nSPS) is 10.0. The lowest BCUT2D eigenvalue weighted by Gasteiger charge is -1.62. The highest BCUT2D eigenvalue weighted by molar-refractivity contribution is 4.74. The van der Waals surface area contributed by atoms with Crippen molar-refractivity contribution in [2.24, 2.45) is 0 Å². The summed E-state index contributed by atoms with van der Waals surface area (Å²) in [6.45, 7) is 1.74. The Morgan fingerprint density at radius 1 is 1.80 bits per heavy atom. The first kappa shape index (κ1) is 4.70. The van der Waals surface area contributed by atoms with Gasteiger partial charge in [0.2, 0.25) is 0 Å². The van der Waals surface area contributed by atoms with Crippen LogP contribution in [0, 0.1) is 0 Å². The molecule has 29 valence electrons. The first-order chi connectivity index (χ1) is 2.41. The number of rotatable bonds is 1. The maximum absolute atomic E-state index is 9.44. The molecule has 0 amide bonds. The Balaban J connectivity index is 2.62. The van der Waals surface area contributed by atoms with E-state index in [0.29, 0.717) is 0 Å². The maximum atomic E-state index is 9.44. The molecule has 0 atom stereocenters. The lowest BCUT2D eigenvalue weighted by molar-refractivity contribution is 0.232. The smallest absolute Gasteiger partial charge is 0.100 e. The molecule has 0 aliphatic rings. The van der Waals surface area contributed by atoms with E-state index in [0.717, 1.165) is 0 Å². The third-order valence-corrected chi connectivity index (χ3v) is 0.332. The molecule has 0 heterocycles. The highest BCUT2D eigenvalue weighted by atomic mass is 16.2. The van der Waals surface area contributed by atoms with Gasteiger partial charge in [-0.2, -0.15) is 0 Å². The van der Waals surface area contributed by atoms with Crippen molar-refractivity contribution in [2.45, 2.75) is 6.92 Å². The predicted octanol–water partition coefficient (Wildman–Crippen LogP) is 0.993. The Labute approximate surface area is 31.9 Å². The average molecular weight is 71.1 g/mol. The Hall–Kier alpha value is -0.300. The van der Waals surface area contributed by atoms with E-state index in [1.54, 1.807) is 12.2 Å². The lowest BCUT2D eigenvalue weighted by atomic mass is 10.6. The number of hydrogen-bond acceptors (Lipinski definition) is 0. The van der Waals surface area contributed by atoms with Gasteiger partial charge in [-0.1, -0.05) is 12.2 Å². The fourth-order valence-corrected chi connectivity index (χ4v) is 0.0962. The van der Waals surface area contributed by atoms with E-state index in [2.05, 4.69) is 0 Å². The summed E-state index contributed by atoms with van der Waals surface area (Å²) in [6.07, 6.45) is 3.31. The fourth-order valence-electron chi connectivity index (χ4n) is 0.0962. The molecule has 1 nitrogen and oxygen atoms in total. The summed E-state index contributed by atoms with van der Waals surface area (Å²) < 4.78 is 0. The number of hydrogen-bond donors (Lipinski definition) is 0. The maximum Gasteiger partial charge on any atom is 0.100 e. The zero-order valence-corrected chi connectivity index (χ0v) is 3.27. The summed E-state index contributed by atoms with van der Waals surface area (Å²) in [5.41, 5.74) is 0. The molecule has 0 unspecified atom stereocenters. The van der Waals surface area contributed by atoms with Gasteiger partial charge in [0.15, 0.2) is 0 Å². The zero-order valence-electron chi connectivity index (χ0n) is 3.27. The molecule has 0 spiro atoms. The van der Waals surface area contributed by atoms with Crippen LogP contribution in [-0.4, -0.2) is 6.61 Å². The van der Waals surface area contributed by atoms with E-state index >= 15 is 0 Å². The molecule has 0 bridgehead atoms. The van der Waals surface area contributed by atoms with Crippen molar-refractivity contribution in [3.8, 4) is 0 Å². The Bertz CT molecular complexity index is 30.6. The molecular weight excluding hydrogens is 64.0 g/mol. The van der Waals surface area contributed by atoms with Crippen LogP contribution >= 0.6 is 0 Å². The first-order valence-corrected chi connectivity index (χ1v) is 1.61. The van der Waals surface area contributed by atoms with Crippen LogP contribution in [0.2, 0.25) is 0 Å². The summed E-state index contributed by atoms with van der Waals surface area (Å²) in [5.74, 6) is 0. The summed E-state index contributed by atoms with van der Waals surface area (Å²) in [5, 5.41) is 9.44. The molecule has 0 aliphatic carbocycles. The monoisotopic (exact) mass is 71.0 g/mol. The van der Waals surface area contributed by atoms with Crippen LogP contribution < -0.4 is 0 Å². The molecular formula is C4H7O. The lowest BCUT2D eigenvalue weighted by Crippen LogP contribution is -1.61. The molecule has 0 N–H and O–H groups in total. The van der Waals surface area contributed by atoms with Gasteiger partial charge < -0.3 is 0 Å². The molecule has 5 heavy (non-hydrogen) atoms. The molecule has 0 aromatic rings. The first-order valence-electron chi connectivity index (χ1n) is 1.61. The van der Waals surface area contributed by atoms with Crippen molar-refractivity contribution < 1.29 is 5.11 Å². The van der Waals surface area contributed by atoms with E-state index in [9.17, 15) is 5.11 Å². The summed E-state index contributed by atoms with van der Waals surface area (Å²) in [6, 6.07) is 0. The minimum Gasteiger partial charge on any atom is -0.232 e. The molecule has 0 saturated heterocycles. The summed E-state index contributed by atoms with van der Waals surface area (Å²) in [4.78, 5) is 0. The summed E-state index contributed by atoms with van der Waals surface area (Å²) in [7, 11) is 0. The Morgan fingerprint density at radius 2 is 2.40 bits per heavy atom. The number of allylic oxidation sites excluding steroid dienone is 1. The molecule has 0 fully saturated rings. The van der Waals surface area contributed by atoms with Gasteiger partial charge in [0.05, 0.1) is 0 Å². The second kappa shape index (κ2) is 3.70. The van der Waals surface area contributed by atoms with Crippen molar-refractivity contribution in [3.63, 3.8) is 0 Å². The van der Waals surface area contributed by atoms with E-state index in [1.165, 1.54) is 0 Å². The van der Waals surface area contributed by atoms with Crippen molar-refractivity contribution >= 4 is 0 Å². The Kier molecular flexibility index (Phi) is 3.48. The van der Waals surface area contributed by atoms with Crippen LogP contribution in [-0.2, 0) is 5.11 Å². The standard InChI is InChI=1S/C4H7O/c1-2-3-4-5/h2-3H,4H2,1H3/b3-2-. The zero-order chi connectivity index (χ0) is 4.12. The van der Waals surface area contributed by atoms with Crippen molar-refractivity contribution in [1.29, 1.82) is 0 Å². The van der Waals surface area contributed by atoms with Crippen LogP contribution in [0.15, 0.2) is 12.2 Å². The average Bonchev–Trinajstić information content (AvgIpc) is 1.41. The highest BCUT2D eigenvalue weighted by Gasteiger charge is 1.55. The highest BCUT2D eigenvalue weighted by Crippen LogP contribution is 1.61. The predicted molar refractivity (Wildman–Crippen MR) is 20.4 cm³/mol. The third kappa shape index (κ3) is 3.70. The van der Waals surface area contributed by atoms with Gasteiger partial charge in [-0.25, -0.2) is 5.11 Å². The van der Waals surface area contributed by atoms with E-state index in [1.807, 2.05) is 6.92 Å². The molecule has 1 heteroatoms. The molecule has 0 rings (SSSR count). The molecule has 0 aromatic carbocycles. The topological polar surface area (TPSA) is 19.9 Å². The van der Waals surface area contributed by atoms with E-state index in [4.69, 9.17) is 0 Å². The van der Waals surface area contributed by atoms with Gasteiger partial charge in [-0.05, 0) is 6.92 Å². The second-order valence-electron chi connectivity index (χ2n) is 0.736. The Morgan fingerprint density at radius 3 is 2.40 bits per heavy atom. The van der Waals surface area contributed by atoms with Gasteiger partial charge in [0.25, 0.3) is 0 Å². The largest absolute Gasteiger partial charge is 0.232 e. The van der Waals surface area contributed by atoms with Crippen LogP contribution in [0.5, 0.6) is 0 Å². The van der Waals surface area contributed by atoms with Crippen molar-refractivity contribution in [2.75, 3.05) is 6.61 Å². The van der Waals surface area contributed by atoms with Crippen LogP contribution in [0.3, 0.4) is 0 Å². The van der Waals surface area contributed by atoms with Gasteiger partial charge in [-0.3, -0.25) is 0 Å². The summed E-state index contributed by atoms with van der Waals surface area (Å²) >= 11 is 0. The quantitative estimate of drug-likeness (QED) is 0.411. The molecule has 0 saturated carbocycles. The second-order valence-corrected chi connectivity index (χ2v) is 0.736. The van der Waals surface area contributed by atoms with E-state index in [-0.39, 0.29) is 6.61 Å². The van der Waals surface area contributed by atoms with Crippen LogP contribution in [0.1, 0.15) is 6.92 Å². The van der Waals surface area contributed by atoms with Gasteiger partial charge >= 0.3 is 0 Å². The van der Waals surface area contributed by atoms with Crippen LogP contribution in [0.4, 0.5) is 0 Å². The minimum absolute atomic E-state index is 0.0868. The van der Waals surface area contributed by atoms with Crippen LogP contribution in [0.25, 0.3) is 0 Å². The SMILES string of the molecule is C/C=C\C[O]. The van der Waals surface area contributed by atoms with Gasteiger partial charge in [-0.15, -0.1) is 0 Å². The third-order valence-electron chi connectivity index (χ3n) is 0.332. The van der Waals surface area contributed by atoms with Crippen molar-refractivity contribution in [3.05, 3.63) is 12.2 Å².